The lowest BCUT2D eigenvalue weighted by Gasteiger charge is -2.07. The van der Waals surface area contributed by atoms with Crippen LogP contribution in [0.5, 0.6) is 0 Å². The Kier molecular flexibility index (Phi) is 5.52. The minimum Gasteiger partial charge on any atom is -0.345 e. The third kappa shape index (κ3) is 4.19. The summed E-state index contributed by atoms with van der Waals surface area (Å²) in [6, 6.07) is 10.2. The zero-order valence-corrected chi connectivity index (χ0v) is 13.8. The van der Waals surface area contributed by atoms with E-state index in [1.54, 1.807) is 6.92 Å². The molecule has 0 unspecified atom stereocenters. The zero-order valence-electron chi connectivity index (χ0n) is 13.8. The Morgan fingerprint density at radius 1 is 1.35 bits per heavy atom. The molecule has 23 heavy (non-hydrogen) atoms. The van der Waals surface area contributed by atoms with Crippen LogP contribution in [0.4, 0.5) is 0 Å². The maximum absolute atomic E-state index is 11.7. The average Bonchev–Trinajstić information content (AvgIpc) is 2.82. The van der Waals surface area contributed by atoms with Crippen molar-refractivity contribution in [2.45, 2.75) is 26.3 Å². The van der Waals surface area contributed by atoms with Gasteiger partial charge in [0.25, 0.3) is 0 Å². The predicted octanol–water partition coefficient (Wildman–Crippen LogP) is 2.93. The normalized spacial score (nSPS) is 10.3. The minimum absolute atomic E-state index is 0.150. The first kappa shape index (κ1) is 16.7. The summed E-state index contributed by atoms with van der Waals surface area (Å²) < 4.78 is 2.04. The fourth-order valence-corrected chi connectivity index (χ4v) is 2.44. The summed E-state index contributed by atoms with van der Waals surface area (Å²) in [5, 5.41) is 2.84. The summed E-state index contributed by atoms with van der Waals surface area (Å²) in [7, 11) is 1.97. The monoisotopic (exact) mass is 309 g/mol. The van der Waals surface area contributed by atoms with E-state index in [2.05, 4.69) is 30.6 Å². The summed E-state index contributed by atoms with van der Waals surface area (Å²) in [5.74, 6) is 0.685. The number of hydrogen-bond donors (Lipinski definition) is 1. The molecule has 0 spiro atoms. The van der Waals surface area contributed by atoms with Crippen LogP contribution in [0.25, 0.3) is 0 Å². The van der Waals surface area contributed by atoms with Gasteiger partial charge in [-0.15, -0.1) is 6.58 Å². The van der Waals surface area contributed by atoms with Crippen molar-refractivity contribution in [1.82, 2.24) is 14.9 Å². The van der Waals surface area contributed by atoms with E-state index in [1.807, 2.05) is 35.9 Å². The van der Waals surface area contributed by atoms with Gasteiger partial charge in [-0.25, -0.2) is 4.98 Å². The molecule has 1 N–H and O–H groups in total. The van der Waals surface area contributed by atoms with Crippen molar-refractivity contribution in [3.05, 3.63) is 77.9 Å². The molecule has 0 saturated heterocycles. The molecule has 120 valence electrons. The number of rotatable bonds is 7. The molecule has 1 amide bonds. The fraction of sp³-hybridized carbons (Fsp3) is 0.263. The zero-order chi connectivity index (χ0) is 16.8. The van der Waals surface area contributed by atoms with Gasteiger partial charge < -0.3 is 9.88 Å². The van der Waals surface area contributed by atoms with Gasteiger partial charge in [-0.3, -0.25) is 4.79 Å². The number of allylic oxidation sites excluding steroid dienone is 1. The van der Waals surface area contributed by atoms with Crippen LogP contribution in [0.2, 0.25) is 0 Å². The van der Waals surface area contributed by atoms with E-state index in [0.717, 1.165) is 30.1 Å². The second-order valence-electron chi connectivity index (χ2n) is 5.60. The molecular weight excluding hydrogens is 286 g/mol. The van der Waals surface area contributed by atoms with Crippen molar-refractivity contribution >= 4 is 5.91 Å². The van der Waals surface area contributed by atoms with E-state index < -0.39 is 0 Å². The second kappa shape index (κ2) is 7.58. The van der Waals surface area contributed by atoms with Crippen LogP contribution >= 0.6 is 0 Å². The van der Waals surface area contributed by atoms with Crippen molar-refractivity contribution in [2.75, 3.05) is 0 Å². The van der Waals surface area contributed by atoms with Gasteiger partial charge in [-0.05, 0) is 12.5 Å². The van der Waals surface area contributed by atoms with Gasteiger partial charge >= 0.3 is 0 Å². The molecular formula is C19H23N3O. The summed E-state index contributed by atoms with van der Waals surface area (Å²) >= 11 is 0. The molecule has 0 fully saturated rings. The van der Waals surface area contributed by atoms with E-state index >= 15 is 0 Å². The van der Waals surface area contributed by atoms with E-state index in [4.69, 9.17) is 4.98 Å². The fourth-order valence-electron chi connectivity index (χ4n) is 2.44. The van der Waals surface area contributed by atoms with Gasteiger partial charge in [0.1, 0.15) is 5.82 Å². The summed E-state index contributed by atoms with van der Waals surface area (Å²) in [6.07, 6.45) is 3.40. The number of amides is 1. The highest BCUT2D eigenvalue weighted by atomic mass is 16.1. The third-order valence-electron chi connectivity index (χ3n) is 3.74. The maximum Gasteiger partial charge on any atom is 0.246 e. The topological polar surface area (TPSA) is 46.9 Å². The lowest BCUT2D eigenvalue weighted by Crippen LogP contribution is -2.24. The quantitative estimate of drug-likeness (QED) is 0.631. The van der Waals surface area contributed by atoms with Crippen LogP contribution in [0.3, 0.4) is 0 Å². The van der Waals surface area contributed by atoms with Gasteiger partial charge in [0.05, 0.1) is 12.2 Å². The van der Waals surface area contributed by atoms with Crippen LogP contribution in [-0.4, -0.2) is 15.5 Å². The third-order valence-corrected chi connectivity index (χ3v) is 3.74. The smallest absolute Gasteiger partial charge is 0.246 e. The van der Waals surface area contributed by atoms with E-state index in [9.17, 15) is 4.79 Å². The number of carbonyl (C=O) groups is 1. The number of carbonyl (C=O) groups excluding carboxylic acids is 1. The highest BCUT2D eigenvalue weighted by molar-refractivity contribution is 5.91. The first-order chi connectivity index (χ1) is 11.0. The molecule has 0 aliphatic rings. The standard InChI is InChI=1S/C19H23N3O/c1-5-9-17-16(12-15-10-7-6-8-11-15)21-18(22(17)4)13-20-19(23)14(2)3/h5-8,10-11H,1-2,9,12-13H2,3-4H3,(H,20,23). The van der Waals surface area contributed by atoms with Crippen molar-refractivity contribution in [2.24, 2.45) is 7.05 Å². The van der Waals surface area contributed by atoms with Crippen LogP contribution < -0.4 is 5.32 Å². The highest BCUT2D eigenvalue weighted by Gasteiger charge is 2.14. The first-order valence-electron chi connectivity index (χ1n) is 7.64. The predicted molar refractivity (Wildman–Crippen MR) is 93.0 cm³/mol. The Morgan fingerprint density at radius 2 is 2.04 bits per heavy atom. The molecule has 2 aromatic rings. The number of aromatic nitrogens is 2. The number of nitrogens with zero attached hydrogens (tertiary/aromatic N) is 2. The molecule has 1 heterocycles. The van der Waals surface area contributed by atoms with Crippen LogP contribution in [0.15, 0.2) is 55.1 Å². The SMILES string of the molecule is C=CCc1c(Cc2ccccc2)nc(CNC(=O)C(=C)C)n1C. The second-order valence-corrected chi connectivity index (χ2v) is 5.60. The lowest BCUT2D eigenvalue weighted by atomic mass is 10.1. The van der Waals surface area contributed by atoms with Crippen LogP contribution in [-0.2, 0) is 31.2 Å². The molecule has 4 heteroatoms. The van der Waals surface area contributed by atoms with E-state index in [-0.39, 0.29) is 5.91 Å². The Labute approximate surface area is 137 Å². The van der Waals surface area contributed by atoms with E-state index in [0.29, 0.717) is 12.1 Å². The Morgan fingerprint density at radius 3 is 2.65 bits per heavy atom. The molecule has 0 radical (unpaired) electrons. The van der Waals surface area contributed by atoms with Gasteiger partial charge in [0.2, 0.25) is 5.91 Å². The van der Waals surface area contributed by atoms with Crippen molar-refractivity contribution in [1.29, 1.82) is 0 Å². The molecule has 1 aromatic heterocycles. The molecule has 2 rings (SSSR count). The molecule has 4 nitrogen and oxygen atoms in total. The molecule has 0 aliphatic carbocycles. The number of hydrogen-bond acceptors (Lipinski definition) is 2. The largest absolute Gasteiger partial charge is 0.345 e. The van der Waals surface area contributed by atoms with Crippen molar-refractivity contribution in [3.8, 4) is 0 Å². The molecule has 0 atom stereocenters. The highest BCUT2D eigenvalue weighted by Crippen LogP contribution is 2.16. The number of benzene rings is 1. The molecule has 0 bridgehead atoms. The summed E-state index contributed by atoms with van der Waals surface area (Å²) in [5.41, 5.74) is 3.87. The summed E-state index contributed by atoms with van der Waals surface area (Å²) in [6.45, 7) is 9.56. The van der Waals surface area contributed by atoms with Crippen LogP contribution in [0.1, 0.15) is 29.7 Å². The molecule has 1 aromatic carbocycles. The minimum atomic E-state index is -0.150. The molecule has 0 saturated carbocycles. The summed E-state index contributed by atoms with van der Waals surface area (Å²) in [4.78, 5) is 16.4. The van der Waals surface area contributed by atoms with Crippen molar-refractivity contribution in [3.63, 3.8) is 0 Å². The average molecular weight is 309 g/mol. The van der Waals surface area contributed by atoms with Gasteiger partial charge in [-0.2, -0.15) is 0 Å². The van der Waals surface area contributed by atoms with E-state index in [1.165, 1.54) is 5.56 Å². The van der Waals surface area contributed by atoms with Gasteiger partial charge in [-0.1, -0.05) is 43.0 Å². The Hall–Kier alpha value is -2.62. The molecule has 0 aliphatic heterocycles. The first-order valence-corrected chi connectivity index (χ1v) is 7.64. The lowest BCUT2D eigenvalue weighted by molar-refractivity contribution is -0.117. The Bertz CT molecular complexity index is 714. The van der Waals surface area contributed by atoms with Crippen LogP contribution in [0, 0.1) is 0 Å². The maximum atomic E-state index is 11.7. The number of nitrogens with one attached hydrogen (secondary N) is 1. The Balaban J connectivity index is 2.23. The number of imidazole rings is 1. The van der Waals surface area contributed by atoms with Gasteiger partial charge in [0, 0.05) is 31.2 Å². The van der Waals surface area contributed by atoms with Crippen molar-refractivity contribution < 1.29 is 4.79 Å². The van der Waals surface area contributed by atoms with Gasteiger partial charge in [0.15, 0.2) is 0 Å².